The van der Waals surface area contributed by atoms with Gasteiger partial charge in [0.15, 0.2) is 0 Å². The van der Waals surface area contributed by atoms with Gasteiger partial charge in [-0.15, -0.1) is 0 Å². The van der Waals surface area contributed by atoms with Crippen molar-refractivity contribution < 1.29 is 24.3 Å². The average molecular weight is 198 g/mol. The van der Waals surface area contributed by atoms with E-state index in [9.17, 15) is 4.79 Å². The van der Waals surface area contributed by atoms with Crippen LogP contribution < -0.4 is 0 Å². The van der Waals surface area contributed by atoms with Gasteiger partial charge in [-0.1, -0.05) is 36.4 Å². The van der Waals surface area contributed by atoms with Gasteiger partial charge in [-0.2, -0.15) is 0 Å². The van der Waals surface area contributed by atoms with E-state index in [0.717, 1.165) is 11.8 Å². The summed E-state index contributed by atoms with van der Waals surface area (Å²) in [6.45, 7) is 0. The van der Waals surface area contributed by atoms with E-state index in [2.05, 4.69) is 0 Å². The first-order valence-corrected chi connectivity index (χ1v) is 3.10. The van der Waals surface area contributed by atoms with Crippen LogP contribution >= 0.6 is 0 Å². The van der Waals surface area contributed by atoms with Crippen LogP contribution in [0.1, 0.15) is 5.56 Å². The summed E-state index contributed by atoms with van der Waals surface area (Å²) in [6, 6.07) is 9.70. The maximum atomic E-state index is 9.89. The van der Waals surface area contributed by atoms with Crippen molar-refractivity contribution in [1.29, 1.82) is 0 Å². The zero-order chi connectivity index (χ0) is 7.23. The summed E-state index contributed by atoms with van der Waals surface area (Å²) < 4.78 is 0. The van der Waals surface area contributed by atoms with Crippen molar-refractivity contribution in [3.63, 3.8) is 0 Å². The van der Waals surface area contributed by atoms with Gasteiger partial charge in [0.25, 0.3) is 0 Å². The summed E-state index contributed by atoms with van der Waals surface area (Å²) in [6.07, 6.45) is 4.02. The van der Waals surface area contributed by atoms with Gasteiger partial charge in [-0.05, 0) is 11.6 Å². The van der Waals surface area contributed by atoms with Crippen LogP contribution in [0.3, 0.4) is 0 Å². The van der Waals surface area contributed by atoms with E-state index in [1.54, 1.807) is 6.08 Å². The molecule has 0 fully saturated rings. The van der Waals surface area contributed by atoms with Gasteiger partial charge in [0.1, 0.15) is 6.29 Å². The standard InChI is InChI=1S/C9H8O.Zn/c10-8-4-7-9-5-2-1-3-6-9;/h1-8H;/q;+2. The third-order valence-electron chi connectivity index (χ3n) is 1.17. The molecule has 0 heterocycles. The average Bonchev–Trinajstić information content (AvgIpc) is 2.03. The largest absolute Gasteiger partial charge is 2.00 e. The number of aldehydes is 1. The number of hydrogen-bond donors (Lipinski definition) is 0. The van der Waals surface area contributed by atoms with E-state index in [0.29, 0.717) is 0 Å². The Labute approximate surface area is 78.9 Å². The molecule has 0 unspecified atom stereocenters. The minimum atomic E-state index is 0. The zero-order valence-corrected chi connectivity index (χ0v) is 9.20. The van der Waals surface area contributed by atoms with Crippen LogP contribution in [-0.2, 0) is 24.3 Å². The van der Waals surface area contributed by atoms with E-state index in [1.165, 1.54) is 6.08 Å². The first-order valence-electron chi connectivity index (χ1n) is 3.10. The Morgan fingerprint density at radius 3 is 2.27 bits per heavy atom. The molecule has 0 spiro atoms. The molecule has 0 aromatic heterocycles. The molecule has 0 bridgehead atoms. The zero-order valence-electron chi connectivity index (χ0n) is 6.23. The number of carbonyl (C=O) groups is 1. The smallest absolute Gasteiger partial charge is 0.299 e. The topological polar surface area (TPSA) is 17.1 Å². The molecular formula is C9H8OZn+2. The summed E-state index contributed by atoms with van der Waals surface area (Å²) in [7, 11) is 0. The van der Waals surface area contributed by atoms with E-state index < -0.39 is 0 Å². The molecule has 1 aromatic rings. The summed E-state index contributed by atoms with van der Waals surface area (Å²) in [5.74, 6) is 0. The second-order valence-corrected chi connectivity index (χ2v) is 1.91. The molecule has 0 aliphatic rings. The molecule has 50 valence electrons. The predicted molar refractivity (Wildman–Crippen MR) is 41.5 cm³/mol. The minimum Gasteiger partial charge on any atom is -0.299 e. The van der Waals surface area contributed by atoms with E-state index in [1.807, 2.05) is 30.3 Å². The normalized spacial score (nSPS) is 9.09. The monoisotopic (exact) mass is 196 g/mol. The molecule has 1 rings (SSSR count). The Balaban J connectivity index is 0.000001000. The van der Waals surface area contributed by atoms with Gasteiger partial charge in [0.05, 0.1) is 0 Å². The second kappa shape index (κ2) is 6.00. The van der Waals surface area contributed by atoms with Gasteiger partial charge in [-0.25, -0.2) is 0 Å². The molecule has 1 aromatic carbocycles. The maximum absolute atomic E-state index is 9.89. The first-order chi connectivity index (χ1) is 4.93. The molecule has 11 heavy (non-hydrogen) atoms. The number of carbonyl (C=O) groups excluding carboxylic acids is 1. The third-order valence-corrected chi connectivity index (χ3v) is 1.17. The fraction of sp³-hybridized carbons (Fsp3) is 0. The first kappa shape index (κ1) is 10.3. The van der Waals surface area contributed by atoms with Crippen molar-refractivity contribution in [3.05, 3.63) is 42.0 Å². The number of allylic oxidation sites excluding steroid dienone is 1. The summed E-state index contributed by atoms with van der Waals surface area (Å²) in [5, 5.41) is 0. The molecule has 1 nitrogen and oxygen atoms in total. The van der Waals surface area contributed by atoms with Crippen molar-refractivity contribution in [2.45, 2.75) is 0 Å². The fourth-order valence-electron chi connectivity index (χ4n) is 0.715. The minimum absolute atomic E-state index is 0. The summed E-state index contributed by atoms with van der Waals surface area (Å²) >= 11 is 0. The van der Waals surface area contributed by atoms with Gasteiger partial charge in [0.2, 0.25) is 0 Å². The van der Waals surface area contributed by atoms with Crippen LogP contribution in [0.5, 0.6) is 0 Å². The predicted octanol–water partition coefficient (Wildman–Crippen LogP) is 1.90. The molecule has 0 amide bonds. The summed E-state index contributed by atoms with van der Waals surface area (Å²) in [5.41, 5.74) is 1.05. The van der Waals surface area contributed by atoms with Gasteiger partial charge < -0.3 is 0 Å². The molecule has 0 aliphatic carbocycles. The van der Waals surface area contributed by atoms with Crippen LogP contribution in [-0.4, -0.2) is 6.29 Å². The van der Waals surface area contributed by atoms with Gasteiger partial charge in [0, 0.05) is 0 Å². The van der Waals surface area contributed by atoms with Crippen molar-refractivity contribution in [1.82, 2.24) is 0 Å². The van der Waals surface area contributed by atoms with Crippen LogP contribution in [0.15, 0.2) is 36.4 Å². The Morgan fingerprint density at radius 1 is 1.09 bits per heavy atom. The molecule has 0 N–H and O–H groups in total. The van der Waals surface area contributed by atoms with E-state index in [4.69, 9.17) is 0 Å². The van der Waals surface area contributed by atoms with Gasteiger partial charge >= 0.3 is 19.5 Å². The SMILES string of the molecule is O=CC=Cc1ccccc1.[Zn+2]. The van der Waals surface area contributed by atoms with E-state index >= 15 is 0 Å². The van der Waals surface area contributed by atoms with Crippen molar-refractivity contribution in [2.75, 3.05) is 0 Å². The van der Waals surface area contributed by atoms with Crippen LogP contribution in [0.4, 0.5) is 0 Å². The Hall–Kier alpha value is -0.747. The molecule has 0 saturated carbocycles. The molecule has 0 aliphatic heterocycles. The molecule has 0 radical (unpaired) electrons. The Kier molecular flexibility index (Phi) is 5.59. The van der Waals surface area contributed by atoms with Crippen molar-refractivity contribution >= 4 is 12.4 Å². The molecule has 0 saturated heterocycles. The van der Waals surface area contributed by atoms with Crippen LogP contribution in [0, 0.1) is 0 Å². The molecule has 2 heteroatoms. The number of rotatable bonds is 2. The number of benzene rings is 1. The van der Waals surface area contributed by atoms with Crippen LogP contribution in [0.2, 0.25) is 0 Å². The Bertz CT molecular complexity index is 229. The second-order valence-electron chi connectivity index (χ2n) is 1.91. The fourth-order valence-corrected chi connectivity index (χ4v) is 0.715. The Morgan fingerprint density at radius 2 is 1.73 bits per heavy atom. The van der Waals surface area contributed by atoms with Crippen molar-refractivity contribution in [3.8, 4) is 0 Å². The molecular weight excluding hydrogens is 189 g/mol. The maximum Gasteiger partial charge on any atom is 2.00 e. The van der Waals surface area contributed by atoms with Crippen molar-refractivity contribution in [2.24, 2.45) is 0 Å². The third kappa shape index (κ3) is 3.84. The summed E-state index contributed by atoms with van der Waals surface area (Å²) in [4.78, 5) is 9.89. The number of hydrogen-bond acceptors (Lipinski definition) is 1. The van der Waals surface area contributed by atoms with E-state index in [-0.39, 0.29) is 19.5 Å². The van der Waals surface area contributed by atoms with Gasteiger partial charge in [-0.3, -0.25) is 4.79 Å². The quantitative estimate of drug-likeness (QED) is 0.402. The molecule has 0 atom stereocenters. The van der Waals surface area contributed by atoms with Crippen LogP contribution in [0.25, 0.3) is 6.08 Å².